The Balaban J connectivity index is 1.84. The molecule has 168 valence electrons. The first-order valence-electron chi connectivity index (χ1n) is 10.5. The van der Waals surface area contributed by atoms with Gasteiger partial charge in [0.15, 0.2) is 0 Å². The zero-order valence-corrected chi connectivity index (χ0v) is 18.2. The number of carbonyl (C=O) groups excluding carboxylic acids is 2. The minimum atomic E-state index is -0.489. The lowest BCUT2D eigenvalue weighted by molar-refractivity contribution is -0.141. The molecule has 0 aliphatic rings. The fourth-order valence-corrected chi connectivity index (χ4v) is 3.66. The molecule has 9 heteroatoms. The number of rotatable bonds is 6. The molecule has 0 radical (unpaired) electrons. The molecule has 0 aliphatic heterocycles. The van der Waals surface area contributed by atoms with Crippen LogP contribution in [-0.4, -0.2) is 32.4 Å². The number of hydrogen-bond donors (Lipinski definition) is 2. The second-order valence-corrected chi connectivity index (χ2v) is 7.59. The maximum Gasteiger partial charge on any atom is 0.302 e. The van der Waals surface area contributed by atoms with Gasteiger partial charge in [-0.2, -0.15) is 0 Å². The highest BCUT2D eigenvalue weighted by Crippen LogP contribution is 2.14. The van der Waals surface area contributed by atoms with Gasteiger partial charge in [0.1, 0.15) is 23.4 Å². The number of carbonyl (C=O) groups is 2. The van der Waals surface area contributed by atoms with E-state index < -0.39 is 11.9 Å². The average molecular weight is 445 g/mol. The van der Waals surface area contributed by atoms with Crippen LogP contribution in [0.5, 0.6) is 0 Å². The van der Waals surface area contributed by atoms with Crippen LogP contribution in [0.4, 0.5) is 0 Å². The van der Waals surface area contributed by atoms with E-state index >= 15 is 0 Å². The second-order valence-electron chi connectivity index (χ2n) is 7.59. The Morgan fingerprint density at radius 2 is 1.88 bits per heavy atom. The van der Waals surface area contributed by atoms with Crippen LogP contribution in [0.3, 0.4) is 0 Å². The van der Waals surface area contributed by atoms with Crippen molar-refractivity contribution in [3.05, 3.63) is 87.8 Å². The maximum atomic E-state index is 13.2. The summed E-state index contributed by atoms with van der Waals surface area (Å²) in [5.74, 6) is -0.951. The lowest BCUT2D eigenvalue weighted by atomic mass is 10.1. The summed E-state index contributed by atoms with van der Waals surface area (Å²) in [6, 6.07) is 15.7. The van der Waals surface area contributed by atoms with Crippen LogP contribution in [0.1, 0.15) is 35.8 Å². The number of aromatic nitrogens is 3. The van der Waals surface area contributed by atoms with E-state index in [1.807, 2.05) is 37.3 Å². The van der Waals surface area contributed by atoms with Crippen molar-refractivity contribution in [2.24, 2.45) is 0 Å². The molecule has 1 amide bonds. The molecule has 3 heterocycles. The van der Waals surface area contributed by atoms with Crippen LogP contribution in [0, 0.1) is 5.41 Å². The highest BCUT2D eigenvalue weighted by atomic mass is 16.5. The van der Waals surface area contributed by atoms with Crippen LogP contribution >= 0.6 is 0 Å². The van der Waals surface area contributed by atoms with Crippen molar-refractivity contribution in [2.75, 3.05) is 6.61 Å². The van der Waals surface area contributed by atoms with E-state index in [0.29, 0.717) is 5.65 Å². The lowest BCUT2D eigenvalue weighted by Crippen LogP contribution is -2.36. The predicted octanol–water partition coefficient (Wildman–Crippen LogP) is 2.18. The Bertz CT molecular complexity index is 1470. The number of hydrogen-bond acceptors (Lipinski definition) is 6. The van der Waals surface area contributed by atoms with Crippen LogP contribution in [-0.2, 0) is 16.1 Å². The number of nitrogens with zero attached hydrogens (tertiary/aromatic N) is 3. The third kappa shape index (κ3) is 4.38. The second kappa shape index (κ2) is 9.07. The van der Waals surface area contributed by atoms with Crippen LogP contribution in [0.25, 0.3) is 16.7 Å². The number of nitrogens with one attached hydrogen (secondary N) is 2. The third-order valence-electron chi connectivity index (χ3n) is 5.33. The molecule has 0 aliphatic carbocycles. The zero-order valence-electron chi connectivity index (χ0n) is 18.2. The molecule has 33 heavy (non-hydrogen) atoms. The van der Waals surface area contributed by atoms with Gasteiger partial charge in [0.25, 0.3) is 11.5 Å². The van der Waals surface area contributed by atoms with Crippen LogP contribution < -0.4 is 16.4 Å². The number of ether oxygens (including phenoxy) is 1. The number of esters is 1. The smallest absolute Gasteiger partial charge is 0.302 e. The lowest BCUT2D eigenvalue weighted by Gasteiger charge is -2.17. The standard InChI is InChI=1S/C24H23N5O4/c1-15(17-8-4-3-5-9-17)26-23(31)18-14-19-22(29(21(18)25)12-13-33-16(2)30)27-20-10-6-7-11-28(20)24(19)32/h3-11,14-15,25H,12-13H2,1-2H3,(H,26,31)/t15-/m1/s1. The summed E-state index contributed by atoms with van der Waals surface area (Å²) in [4.78, 5) is 42.1. The summed E-state index contributed by atoms with van der Waals surface area (Å²) >= 11 is 0. The van der Waals surface area contributed by atoms with Gasteiger partial charge >= 0.3 is 5.97 Å². The normalized spacial score (nSPS) is 11.9. The summed E-state index contributed by atoms with van der Waals surface area (Å²) < 4.78 is 7.85. The fourth-order valence-electron chi connectivity index (χ4n) is 3.66. The minimum Gasteiger partial charge on any atom is -0.464 e. The first kappa shape index (κ1) is 21.9. The molecule has 0 saturated carbocycles. The largest absolute Gasteiger partial charge is 0.464 e. The molecule has 0 bridgehead atoms. The molecule has 4 aromatic rings. The summed E-state index contributed by atoms with van der Waals surface area (Å²) in [5.41, 5.74) is 1.11. The quantitative estimate of drug-likeness (QED) is 0.348. The monoisotopic (exact) mass is 445 g/mol. The van der Waals surface area contributed by atoms with E-state index in [1.54, 1.807) is 24.4 Å². The van der Waals surface area contributed by atoms with Gasteiger partial charge in [0.05, 0.1) is 23.5 Å². The number of pyridine rings is 2. The van der Waals surface area contributed by atoms with Crippen molar-refractivity contribution in [2.45, 2.75) is 26.4 Å². The molecule has 0 unspecified atom stereocenters. The van der Waals surface area contributed by atoms with E-state index in [4.69, 9.17) is 10.1 Å². The number of fused-ring (bicyclic) bond motifs is 2. The summed E-state index contributed by atoms with van der Waals surface area (Å²) in [6.45, 7) is 3.18. The average Bonchev–Trinajstić information content (AvgIpc) is 2.81. The maximum absolute atomic E-state index is 13.2. The molecular formula is C24H23N5O4. The fraction of sp³-hybridized carbons (Fsp3) is 0.208. The zero-order chi connectivity index (χ0) is 23.5. The van der Waals surface area contributed by atoms with Crippen molar-refractivity contribution in [1.82, 2.24) is 19.3 Å². The molecule has 3 aromatic heterocycles. The summed E-state index contributed by atoms with van der Waals surface area (Å²) in [5, 5.41) is 11.8. The van der Waals surface area contributed by atoms with Crippen LogP contribution in [0.2, 0.25) is 0 Å². The van der Waals surface area contributed by atoms with E-state index in [9.17, 15) is 14.4 Å². The Hall–Kier alpha value is -4.27. The molecule has 0 fully saturated rings. The van der Waals surface area contributed by atoms with E-state index in [1.165, 1.54) is 22.0 Å². The number of benzene rings is 1. The Kier molecular flexibility index (Phi) is 6.03. The highest BCUT2D eigenvalue weighted by molar-refractivity contribution is 5.97. The van der Waals surface area contributed by atoms with Gasteiger partial charge in [-0.3, -0.25) is 24.2 Å². The van der Waals surface area contributed by atoms with Gasteiger partial charge in [-0.1, -0.05) is 36.4 Å². The van der Waals surface area contributed by atoms with E-state index in [-0.39, 0.29) is 46.8 Å². The van der Waals surface area contributed by atoms with Crippen molar-refractivity contribution in [3.8, 4) is 0 Å². The summed E-state index contributed by atoms with van der Waals surface area (Å²) in [7, 11) is 0. The Morgan fingerprint density at radius 3 is 2.61 bits per heavy atom. The molecular weight excluding hydrogens is 422 g/mol. The Labute approximate surface area is 188 Å². The molecule has 4 rings (SSSR count). The molecule has 9 nitrogen and oxygen atoms in total. The number of amides is 1. The Morgan fingerprint density at radius 1 is 1.15 bits per heavy atom. The molecule has 0 spiro atoms. The van der Waals surface area contributed by atoms with Gasteiger partial charge in [0, 0.05) is 13.1 Å². The highest BCUT2D eigenvalue weighted by Gasteiger charge is 2.19. The van der Waals surface area contributed by atoms with Gasteiger partial charge in [-0.15, -0.1) is 0 Å². The van der Waals surface area contributed by atoms with Crippen LogP contribution in [0.15, 0.2) is 65.6 Å². The van der Waals surface area contributed by atoms with Gasteiger partial charge < -0.3 is 14.6 Å². The molecule has 0 saturated heterocycles. The van der Waals surface area contributed by atoms with E-state index in [2.05, 4.69) is 10.3 Å². The molecule has 2 N–H and O–H groups in total. The van der Waals surface area contributed by atoms with Crippen molar-refractivity contribution < 1.29 is 14.3 Å². The topological polar surface area (TPSA) is 119 Å². The SMILES string of the molecule is CC(=O)OCCn1c(=N)c(C(=O)N[C@H](C)c2ccccc2)cc2c(=O)n3ccccc3nc21. The van der Waals surface area contributed by atoms with Gasteiger partial charge in [0.2, 0.25) is 0 Å². The van der Waals surface area contributed by atoms with Crippen molar-refractivity contribution in [1.29, 1.82) is 5.41 Å². The first-order valence-corrected chi connectivity index (χ1v) is 10.5. The minimum absolute atomic E-state index is 0.0255. The molecule has 1 atom stereocenters. The van der Waals surface area contributed by atoms with Crippen molar-refractivity contribution >= 4 is 28.6 Å². The van der Waals surface area contributed by atoms with Gasteiger partial charge in [-0.25, -0.2) is 4.98 Å². The summed E-state index contributed by atoms with van der Waals surface area (Å²) in [6.07, 6.45) is 1.60. The van der Waals surface area contributed by atoms with Crippen molar-refractivity contribution in [3.63, 3.8) is 0 Å². The van der Waals surface area contributed by atoms with Gasteiger partial charge in [-0.05, 0) is 30.7 Å². The van der Waals surface area contributed by atoms with E-state index in [0.717, 1.165) is 5.56 Å². The first-order chi connectivity index (χ1) is 15.9. The third-order valence-corrected chi connectivity index (χ3v) is 5.33. The molecule has 1 aromatic carbocycles. The predicted molar refractivity (Wildman–Crippen MR) is 122 cm³/mol.